The van der Waals surface area contributed by atoms with Crippen LogP contribution in [-0.2, 0) is 47.3 Å². The number of imidazole rings is 2. The van der Waals surface area contributed by atoms with Crippen molar-refractivity contribution < 1.29 is 16.8 Å². The van der Waals surface area contributed by atoms with E-state index in [0.29, 0.717) is 25.9 Å². The van der Waals surface area contributed by atoms with E-state index in [1.54, 1.807) is 37.9 Å². The van der Waals surface area contributed by atoms with Gasteiger partial charge in [-0.15, -0.1) is 0 Å². The van der Waals surface area contributed by atoms with Gasteiger partial charge in [-0.25, -0.2) is 30.7 Å². The Kier molecular flexibility index (Phi) is 13.9. The summed E-state index contributed by atoms with van der Waals surface area (Å²) in [5.41, 5.74) is 12.7. The van der Waals surface area contributed by atoms with Crippen LogP contribution in [0.4, 0.5) is 0 Å². The summed E-state index contributed by atoms with van der Waals surface area (Å²) >= 11 is 0. The maximum atomic E-state index is 13.4. The lowest BCUT2D eigenvalue weighted by molar-refractivity contribution is 0.274. The molecule has 0 bridgehead atoms. The average Bonchev–Trinajstić information content (AvgIpc) is 4.17. The van der Waals surface area contributed by atoms with E-state index < -0.39 is 19.1 Å². The van der Waals surface area contributed by atoms with Crippen LogP contribution in [0.15, 0.2) is 120 Å². The average molecular weight is 1070 g/mol. The molecule has 0 unspecified atom stereocenters. The molecule has 0 saturated carbocycles. The van der Waals surface area contributed by atoms with Crippen LogP contribution < -0.4 is 16.7 Å². The number of benzene rings is 2. The summed E-state index contributed by atoms with van der Waals surface area (Å²) in [4.78, 5) is 45.2. The number of piperidine rings is 2. The topological polar surface area (TPSA) is 225 Å². The summed E-state index contributed by atoms with van der Waals surface area (Å²) in [6, 6.07) is 20.5. The predicted octanol–water partition coefficient (Wildman–Crippen LogP) is 6.41. The zero-order valence-corrected chi connectivity index (χ0v) is 44.6. The van der Waals surface area contributed by atoms with Gasteiger partial charge in [0.2, 0.25) is 19.1 Å². The second kappa shape index (κ2) is 20.4. The molecule has 10 aromatic rings. The molecule has 10 heterocycles. The number of rotatable bonds is 7. The third-order valence-electron chi connectivity index (χ3n) is 14.0. The smallest absolute Gasteiger partial charge is 0.317 e. The molecule has 2 fully saturated rings. The second-order valence-corrected chi connectivity index (χ2v) is 24.1. The summed E-state index contributed by atoms with van der Waals surface area (Å²) in [7, 11) is 5.42. The lowest BCUT2D eigenvalue weighted by Gasteiger charge is -2.30. The van der Waals surface area contributed by atoms with Gasteiger partial charge in [-0.1, -0.05) is 24.3 Å². The van der Waals surface area contributed by atoms with Crippen molar-refractivity contribution in [3.8, 4) is 44.8 Å². The largest absolute Gasteiger partial charge is 0.329 e. The molecule has 0 atom stereocenters. The lowest BCUT2D eigenvalue weighted by atomic mass is 10.0. The Labute approximate surface area is 436 Å². The van der Waals surface area contributed by atoms with Crippen LogP contribution in [0.3, 0.4) is 0 Å². The molecule has 1 N–H and O–H groups in total. The molecule has 0 amide bonds. The molecule has 23 heteroatoms. The van der Waals surface area contributed by atoms with Gasteiger partial charge in [0.1, 0.15) is 0 Å². The van der Waals surface area contributed by atoms with E-state index in [0.717, 1.165) is 121 Å². The molecule has 2 aliphatic rings. The van der Waals surface area contributed by atoms with Gasteiger partial charge >= 0.3 is 11.4 Å². The number of aromatic nitrogens is 12. The van der Waals surface area contributed by atoms with E-state index in [9.17, 15) is 26.4 Å². The Balaban J connectivity index is 0.000000158. The number of aryl methyl sites for hydroxylation is 4. The van der Waals surface area contributed by atoms with Crippen molar-refractivity contribution in [2.24, 2.45) is 28.2 Å². The van der Waals surface area contributed by atoms with Crippen molar-refractivity contribution in [3.05, 3.63) is 131 Å². The van der Waals surface area contributed by atoms with Crippen LogP contribution in [-0.4, -0.2) is 118 Å². The van der Waals surface area contributed by atoms with Crippen LogP contribution in [0.2, 0.25) is 0 Å². The molecule has 2 aliphatic heterocycles. The zero-order chi connectivity index (χ0) is 52.9. The van der Waals surface area contributed by atoms with Crippen molar-refractivity contribution in [3.63, 3.8) is 0 Å². The number of hydrogen-bond donors (Lipinski definition) is 1. The zero-order valence-electron chi connectivity index (χ0n) is 42.2. The van der Waals surface area contributed by atoms with E-state index in [-0.39, 0.29) is 23.5 Å². The molecule has 2 aromatic carbocycles. The highest BCUT2D eigenvalue weighted by Gasteiger charge is 2.30. The van der Waals surface area contributed by atoms with Crippen molar-refractivity contribution in [1.82, 2.24) is 67.4 Å². The van der Waals surface area contributed by atoms with Crippen LogP contribution in [0.5, 0.6) is 0 Å². The maximum Gasteiger partial charge on any atom is 0.329 e. The van der Waals surface area contributed by atoms with Gasteiger partial charge in [0.15, 0.2) is 0 Å². The number of halogens is 1. The third kappa shape index (κ3) is 10.5. The third-order valence-corrected chi connectivity index (χ3v) is 15.3. The predicted molar refractivity (Wildman–Crippen MR) is 292 cm³/mol. The summed E-state index contributed by atoms with van der Waals surface area (Å²) < 4.78 is 55.0. The Morgan fingerprint density at radius 2 is 0.947 bits per heavy atom. The van der Waals surface area contributed by atoms with Crippen molar-refractivity contribution in [1.29, 1.82) is 0 Å². The van der Waals surface area contributed by atoms with E-state index >= 15 is 0 Å². The minimum absolute atomic E-state index is 0.0269. The van der Waals surface area contributed by atoms with Gasteiger partial charge in [0.25, 0.3) is 0 Å². The molecular weight excluding hydrogens is 1020 g/mol. The summed E-state index contributed by atoms with van der Waals surface area (Å²) in [6.07, 6.45) is 20.0. The molecule has 0 aliphatic carbocycles. The fourth-order valence-corrected chi connectivity index (χ4v) is 11.0. The molecule has 388 valence electrons. The molecule has 0 radical (unpaired) electrons. The lowest BCUT2D eigenvalue weighted by Crippen LogP contribution is -2.40. The molecular formula is C52H55ClN14O6S2. The first-order valence-corrected chi connectivity index (χ1v) is 28.8. The van der Waals surface area contributed by atoms with Gasteiger partial charge in [0.05, 0.1) is 81.8 Å². The number of hydrogen-bond acceptors (Lipinski definition) is 13. The summed E-state index contributed by atoms with van der Waals surface area (Å²) in [6.45, 7) is 2.65. The fraction of sp³-hybridized carbons (Fsp3) is 0.308. The van der Waals surface area contributed by atoms with Gasteiger partial charge in [-0.05, 0) is 86.3 Å². The summed E-state index contributed by atoms with van der Waals surface area (Å²) in [5.74, 6) is 0. The maximum absolute atomic E-state index is 13.4. The summed E-state index contributed by atoms with van der Waals surface area (Å²) in [5, 5.41) is 13.7. The van der Waals surface area contributed by atoms with Crippen LogP contribution in [0.1, 0.15) is 37.8 Å². The number of sulfonamides is 1. The Bertz CT molecular complexity index is 4120. The quantitative estimate of drug-likeness (QED) is 0.171. The normalized spacial score (nSPS) is 15.1. The number of nitrogens with zero attached hydrogens (tertiary/aromatic N) is 13. The molecule has 20 nitrogen and oxygen atoms in total. The van der Waals surface area contributed by atoms with Crippen molar-refractivity contribution in [2.45, 2.75) is 37.8 Å². The van der Waals surface area contributed by atoms with Gasteiger partial charge in [0, 0.05) is 122 Å². The highest BCUT2D eigenvalue weighted by molar-refractivity contribution is 8.13. The highest BCUT2D eigenvalue weighted by atomic mass is 35.7. The van der Waals surface area contributed by atoms with Crippen LogP contribution in [0, 0.1) is 0 Å². The molecule has 12 rings (SSSR count). The minimum Gasteiger partial charge on any atom is -0.317 e. The molecule has 75 heavy (non-hydrogen) atoms. The monoisotopic (exact) mass is 1070 g/mol. The second-order valence-electron chi connectivity index (χ2n) is 19.1. The van der Waals surface area contributed by atoms with E-state index in [4.69, 9.17) is 0 Å². The van der Waals surface area contributed by atoms with Crippen LogP contribution in [0.25, 0.3) is 88.6 Å². The Morgan fingerprint density at radius 1 is 0.533 bits per heavy atom. The molecule has 2 saturated heterocycles. The first-order valence-electron chi connectivity index (χ1n) is 24.3. The van der Waals surface area contributed by atoms with Gasteiger partial charge in [-0.2, -0.15) is 10.2 Å². The number of nitrogens with one attached hydrogen (secondary N) is 1. The Hall–Kier alpha value is -7.37. The molecule has 8 aromatic heterocycles. The standard InChI is InChI=1S/C26H27N7O3S.C25H25N7O.CH3ClO2S/c1-30-16-19(14-29-30)22-6-5-18(13-27-22)17-4-7-23-21(12-17)25-24(15-28-23)31(2)26(34)33(25)20-8-10-32(11-9-20)37(3,35)36;1-30-15-18(13-29-30)21-5-4-17(12-27-21)16-3-6-22-20(11-16)24-23(14-28-22)31(2)25(33)32(24)19-7-9-26-10-8-19;1-5(2,3)4/h4-7,12-16,20H,8-11H2,1-3H3;3-6,11-15,19,26H,7-10H2,1-2H3;1H3. The van der Waals surface area contributed by atoms with E-state index in [1.807, 2.05) is 104 Å². The molecule has 0 spiro atoms. The Morgan fingerprint density at radius 3 is 1.32 bits per heavy atom. The van der Waals surface area contributed by atoms with Gasteiger partial charge in [-0.3, -0.25) is 47.6 Å². The number of pyridine rings is 4. The van der Waals surface area contributed by atoms with Crippen molar-refractivity contribution in [2.75, 3.05) is 38.7 Å². The minimum atomic E-state index is -3.25. The SMILES string of the molecule is CS(=O)(=O)Cl.Cn1cc(-c2ccc(-c3ccc4ncc5c(c4c3)n(C3CCN(S(C)(=O)=O)CC3)c(=O)n5C)cn2)cn1.Cn1cc(-c2ccc(-c3ccc4ncc5c(c4c3)n(C3CCNCC3)c(=O)n5C)cn2)cn1. The first-order chi connectivity index (χ1) is 35.8. The van der Waals surface area contributed by atoms with Crippen LogP contribution >= 0.6 is 10.7 Å². The van der Waals surface area contributed by atoms with Gasteiger partial charge < -0.3 is 5.32 Å². The fourth-order valence-electron chi connectivity index (χ4n) is 10.2. The van der Waals surface area contributed by atoms with Crippen molar-refractivity contribution >= 4 is 73.6 Å². The first kappa shape index (κ1) is 51.1. The highest BCUT2D eigenvalue weighted by Crippen LogP contribution is 2.35. The number of fused-ring (bicyclic) bond motifs is 6. The van der Waals surface area contributed by atoms with E-state index in [1.165, 1.54) is 10.6 Å². The van der Waals surface area contributed by atoms with E-state index in [2.05, 4.69) is 70.4 Å².